The number of ether oxygens (including phenoxy) is 1. The maximum absolute atomic E-state index is 11.2. The Bertz CT molecular complexity index is 1400. The molecule has 8 nitrogen and oxygen atoms in total. The van der Waals surface area contributed by atoms with Gasteiger partial charge in [0.25, 0.3) is 0 Å². The van der Waals surface area contributed by atoms with Crippen molar-refractivity contribution in [2.75, 3.05) is 31.4 Å². The monoisotopic (exact) mass is 523 g/mol. The number of nitrogens with two attached hydrogens (primary N) is 1. The van der Waals surface area contributed by atoms with Gasteiger partial charge in [0, 0.05) is 24.9 Å². The highest BCUT2D eigenvalue weighted by Gasteiger charge is 2.18. The SMILES string of the molecule is CCCCc1nc2c(N)nc3ccc(CCOCCNC(=O)CCl)cc3c2n1Cc1ccc(O)c(C)c1. The van der Waals surface area contributed by atoms with Crippen molar-refractivity contribution in [3.63, 3.8) is 0 Å². The van der Waals surface area contributed by atoms with Gasteiger partial charge in [-0.1, -0.05) is 31.5 Å². The Kier molecular flexibility index (Phi) is 8.84. The second-order valence-electron chi connectivity index (χ2n) is 9.23. The van der Waals surface area contributed by atoms with Crippen LogP contribution in [0.3, 0.4) is 0 Å². The number of unbranched alkanes of at least 4 members (excludes halogenated alkanes) is 1. The summed E-state index contributed by atoms with van der Waals surface area (Å²) >= 11 is 5.48. The van der Waals surface area contributed by atoms with Gasteiger partial charge in [0.05, 0.1) is 24.2 Å². The molecule has 4 N–H and O–H groups in total. The van der Waals surface area contributed by atoms with Crippen LogP contribution in [0.25, 0.3) is 21.9 Å². The number of rotatable bonds is 12. The van der Waals surface area contributed by atoms with E-state index in [1.54, 1.807) is 6.07 Å². The summed E-state index contributed by atoms with van der Waals surface area (Å²) in [5.41, 5.74) is 12.0. The molecule has 196 valence electrons. The molecule has 1 amide bonds. The number of alkyl halides is 1. The van der Waals surface area contributed by atoms with E-state index in [1.165, 1.54) is 0 Å². The Morgan fingerprint density at radius 3 is 2.70 bits per heavy atom. The Hall–Kier alpha value is -3.36. The molecule has 0 atom stereocenters. The van der Waals surface area contributed by atoms with Gasteiger partial charge >= 0.3 is 0 Å². The number of imidazole rings is 1. The van der Waals surface area contributed by atoms with Gasteiger partial charge in [-0.2, -0.15) is 0 Å². The van der Waals surface area contributed by atoms with Crippen LogP contribution in [0.2, 0.25) is 0 Å². The number of aryl methyl sites for hydroxylation is 2. The number of halogens is 1. The molecule has 2 aromatic heterocycles. The molecule has 0 aliphatic rings. The van der Waals surface area contributed by atoms with Crippen LogP contribution in [0, 0.1) is 6.92 Å². The standard InChI is InChI=1S/C28H34ClN5O3/c1-3-4-5-24-33-26-27(34(24)17-20-7-9-23(35)18(2)14-20)21-15-19(6-8-22(21)32-28(26)30)10-12-37-13-11-31-25(36)16-29/h6-9,14-15,35H,3-5,10-13,16-17H2,1-2H3,(H2,30,32)(H,31,36). The summed E-state index contributed by atoms with van der Waals surface area (Å²) in [7, 11) is 0. The summed E-state index contributed by atoms with van der Waals surface area (Å²) in [6.07, 6.45) is 3.66. The first kappa shape index (κ1) is 26.7. The molecule has 2 aromatic carbocycles. The highest BCUT2D eigenvalue weighted by Crippen LogP contribution is 2.31. The van der Waals surface area contributed by atoms with Gasteiger partial charge < -0.3 is 25.5 Å². The first-order valence-corrected chi connectivity index (χ1v) is 13.2. The molecule has 2 heterocycles. The smallest absolute Gasteiger partial charge is 0.235 e. The third-order valence-corrected chi connectivity index (χ3v) is 6.67. The minimum Gasteiger partial charge on any atom is -0.508 e. The molecule has 0 spiro atoms. The topological polar surface area (TPSA) is 115 Å². The van der Waals surface area contributed by atoms with E-state index in [0.29, 0.717) is 32.1 Å². The number of fused-ring (bicyclic) bond motifs is 3. The average Bonchev–Trinajstić information content (AvgIpc) is 3.26. The third-order valence-electron chi connectivity index (χ3n) is 6.43. The fraction of sp³-hybridized carbons (Fsp3) is 0.393. The number of benzene rings is 2. The lowest BCUT2D eigenvalue weighted by Crippen LogP contribution is -2.28. The van der Waals surface area contributed by atoms with E-state index in [1.807, 2.05) is 31.2 Å². The van der Waals surface area contributed by atoms with Crippen LogP contribution in [-0.2, 0) is 28.9 Å². The largest absolute Gasteiger partial charge is 0.508 e. The number of phenolic OH excluding ortho intramolecular Hbond substituents is 1. The number of hydrogen-bond donors (Lipinski definition) is 3. The van der Waals surface area contributed by atoms with E-state index >= 15 is 0 Å². The average molecular weight is 524 g/mol. The zero-order valence-corrected chi connectivity index (χ0v) is 22.1. The van der Waals surface area contributed by atoms with E-state index in [4.69, 9.17) is 27.1 Å². The molecule has 0 bridgehead atoms. The number of phenols is 1. The molecule has 0 fully saturated rings. The highest BCUT2D eigenvalue weighted by atomic mass is 35.5. The first-order valence-electron chi connectivity index (χ1n) is 12.7. The molecule has 37 heavy (non-hydrogen) atoms. The van der Waals surface area contributed by atoms with Gasteiger partial charge in [0.2, 0.25) is 5.91 Å². The number of nitrogens with one attached hydrogen (secondary N) is 1. The maximum Gasteiger partial charge on any atom is 0.235 e. The maximum atomic E-state index is 11.2. The number of aromatic hydroxyl groups is 1. The van der Waals surface area contributed by atoms with E-state index in [0.717, 1.165) is 70.1 Å². The Morgan fingerprint density at radius 2 is 1.95 bits per heavy atom. The van der Waals surface area contributed by atoms with Crippen LogP contribution in [0.4, 0.5) is 5.82 Å². The first-order chi connectivity index (χ1) is 17.9. The van der Waals surface area contributed by atoms with Crippen molar-refractivity contribution in [1.29, 1.82) is 0 Å². The van der Waals surface area contributed by atoms with Crippen molar-refractivity contribution in [3.05, 3.63) is 58.9 Å². The minimum atomic E-state index is -0.201. The van der Waals surface area contributed by atoms with Crippen LogP contribution >= 0.6 is 11.6 Å². The van der Waals surface area contributed by atoms with E-state index in [-0.39, 0.29) is 17.5 Å². The Balaban J connectivity index is 1.66. The molecule has 0 unspecified atom stereocenters. The number of amides is 1. The predicted octanol–water partition coefficient (Wildman–Crippen LogP) is 4.49. The summed E-state index contributed by atoms with van der Waals surface area (Å²) in [5, 5.41) is 13.7. The van der Waals surface area contributed by atoms with Crippen molar-refractivity contribution in [1.82, 2.24) is 19.9 Å². The Morgan fingerprint density at radius 1 is 1.14 bits per heavy atom. The van der Waals surface area contributed by atoms with Gasteiger partial charge in [-0.3, -0.25) is 4.79 Å². The molecular weight excluding hydrogens is 490 g/mol. The summed E-state index contributed by atoms with van der Waals surface area (Å²) in [5.74, 6) is 1.45. The normalized spacial score (nSPS) is 11.4. The summed E-state index contributed by atoms with van der Waals surface area (Å²) in [6, 6.07) is 11.9. The third kappa shape index (κ3) is 6.32. The fourth-order valence-electron chi connectivity index (χ4n) is 4.46. The number of nitrogens with zero attached hydrogens (tertiary/aromatic N) is 3. The number of hydrogen-bond acceptors (Lipinski definition) is 6. The molecule has 0 aliphatic heterocycles. The predicted molar refractivity (Wildman–Crippen MR) is 148 cm³/mol. The van der Waals surface area contributed by atoms with Crippen LogP contribution < -0.4 is 11.1 Å². The zero-order valence-electron chi connectivity index (χ0n) is 21.4. The molecule has 0 saturated heterocycles. The fourth-order valence-corrected chi connectivity index (χ4v) is 4.55. The van der Waals surface area contributed by atoms with E-state index in [9.17, 15) is 9.90 Å². The van der Waals surface area contributed by atoms with Crippen molar-refractivity contribution < 1.29 is 14.6 Å². The highest BCUT2D eigenvalue weighted by molar-refractivity contribution is 6.27. The van der Waals surface area contributed by atoms with Gasteiger partial charge in [-0.05, 0) is 54.7 Å². The van der Waals surface area contributed by atoms with Crippen LogP contribution in [0.5, 0.6) is 5.75 Å². The van der Waals surface area contributed by atoms with Gasteiger partial charge in [-0.25, -0.2) is 9.97 Å². The minimum absolute atomic E-state index is 0.0484. The van der Waals surface area contributed by atoms with E-state index in [2.05, 4.69) is 27.9 Å². The number of anilines is 1. The number of aromatic nitrogens is 3. The van der Waals surface area contributed by atoms with Crippen LogP contribution in [-0.4, -0.2) is 51.2 Å². The van der Waals surface area contributed by atoms with Crippen molar-refractivity contribution in [2.45, 2.75) is 46.1 Å². The zero-order chi connectivity index (χ0) is 26.4. The van der Waals surface area contributed by atoms with Gasteiger partial charge in [0.1, 0.15) is 23.0 Å². The number of carbonyl (C=O) groups is 1. The van der Waals surface area contributed by atoms with Gasteiger partial charge in [-0.15, -0.1) is 11.6 Å². The van der Waals surface area contributed by atoms with Crippen molar-refractivity contribution in [3.8, 4) is 5.75 Å². The Labute approximate surface area is 221 Å². The second-order valence-corrected chi connectivity index (χ2v) is 9.50. The molecule has 4 rings (SSSR count). The van der Waals surface area contributed by atoms with Crippen molar-refractivity contribution >= 4 is 45.3 Å². The molecule has 9 heteroatoms. The van der Waals surface area contributed by atoms with Crippen molar-refractivity contribution in [2.24, 2.45) is 0 Å². The number of pyridine rings is 1. The summed E-state index contributed by atoms with van der Waals surface area (Å²) < 4.78 is 7.94. The quantitative estimate of drug-likeness (QED) is 0.186. The summed E-state index contributed by atoms with van der Waals surface area (Å²) in [4.78, 5) is 20.8. The molecular formula is C28H34ClN5O3. The number of carbonyl (C=O) groups excluding carboxylic acids is 1. The molecule has 0 aliphatic carbocycles. The lowest BCUT2D eigenvalue weighted by Gasteiger charge is -2.13. The summed E-state index contributed by atoms with van der Waals surface area (Å²) in [6.45, 7) is 6.09. The molecule has 0 radical (unpaired) electrons. The lowest BCUT2D eigenvalue weighted by atomic mass is 10.1. The number of nitrogen functional groups attached to an aromatic ring is 1. The molecule has 0 saturated carbocycles. The van der Waals surface area contributed by atoms with Gasteiger partial charge in [0.15, 0.2) is 5.82 Å². The lowest BCUT2D eigenvalue weighted by molar-refractivity contribution is -0.118. The van der Waals surface area contributed by atoms with E-state index < -0.39 is 0 Å². The van der Waals surface area contributed by atoms with Crippen LogP contribution in [0.15, 0.2) is 36.4 Å². The van der Waals surface area contributed by atoms with Crippen LogP contribution in [0.1, 0.15) is 42.3 Å². The second kappa shape index (κ2) is 12.3. The molecule has 4 aromatic rings.